The summed E-state index contributed by atoms with van der Waals surface area (Å²) in [5, 5.41) is 0. The van der Waals surface area contributed by atoms with E-state index in [1.807, 2.05) is 17.0 Å². The molecule has 150 valence electrons. The van der Waals surface area contributed by atoms with Crippen LogP contribution in [-0.2, 0) is 17.9 Å². The summed E-state index contributed by atoms with van der Waals surface area (Å²) in [5.41, 5.74) is 0.909. The van der Waals surface area contributed by atoms with Crippen LogP contribution in [0.5, 0.6) is 0 Å². The van der Waals surface area contributed by atoms with E-state index in [-0.39, 0.29) is 29.9 Å². The van der Waals surface area contributed by atoms with Crippen molar-refractivity contribution in [3.8, 4) is 0 Å². The Labute approximate surface area is 165 Å². The molecule has 0 saturated carbocycles. The number of hydrogen-bond acceptors (Lipinski definition) is 3. The molecule has 2 aromatic rings. The number of amides is 1. The zero-order chi connectivity index (χ0) is 20.1. The van der Waals surface area contributed by atoms with Crippen molar-refractivity contribution in [1.82, 2.24) is 14.4 Å². The lowest BCUT2D eigenvalue weighted by atomic mass is 10.0. The molecule has 5 nitrogen and oxygen atoms in total. The molecule has 1 aromatic heterocycles. The van der Waals surface area contributed by atoms with Crippen LogP contribution in [0.3, 0.4) is 0 Å². The Bertz CT molecular complexity index is 847. The molecule has 28 heavy (non-hydrogen) atoms. The molecule has 0 spiro atoms. The Morgan fingerprint density at radius 1 is 1.14 bits per heavy atom. The highest BCUT2D eigenvalue weighted by Gasteiger charge is 2.29. The lowest BCUT2D eigenvalue weighted by Gasteiger charge is -2.34. The Morgan fingerprint density at radius 3 is 2.57 bits per heavy atom. The molecule has 0 N–H and O–H groups in total. The molecule has 1 aromatic carbocycles. The van der Waals surface area contributed by atoms with Gasteiger partial charge >= 0.3 is 0 Å². The molecule has 1 fully saturated rings. The van der Waals surface area contributed by atoms with E-state index < -0.39 is 0 Å². The van der Waals surface area contributed by atoms with E-state index in [1.165, 1.54) is 22.8 Å². The number of hydrogen-bond donors (Lipinski definition) is 0. The van der Waals surface area contributed by atoms with Gasteiger partial charge in [-0.25, -0.2) is 4.39 Å². The highest BCUT2D eigenvalue weighted by Crippen LogP contribution is 2.20. The number of halogens is 1. The van der Waals surface area contributed by atoms with Crippen LogP contribution in [0.2, 0.25) is 0 Å². The SMILES string of the molecule is CC(C)[C@H]1CN(C(=O)Cn2ccccc2=O)CCCN1Cc1ccc(F)cc1. The summed E-state index contributed by atoms with van der Waals surface area (Å²) >= 11 is 0. The van der Waals surface area contributed by atoms with Crippen LogP contribution < -0.4 is 5.56 Å². The average molecular weight is 385 g/mol. The number of benzene rings is 1. The van der Waals surface area contributed by atoms with Crippen molar-refractivity contribution in [2.45, 2.75) is 39.4 Å². The third-order valence-electron chi connectivity index (χ3n) is 5.38. The van der Waals surface area contributed by atoms with Gasteiger partial charge in [0.1, 0.15) is 12.4 Å². The second-order valence-corrected chi connectivity index (χ2v) is 7.77. The molecule has 1 saturated heterocycles. The maximum absolute atomic E-state index is 13.2. The van der Waals surface area contributed by atoms with Gasteiger partial charge in [0.2, 0.25) is 5.91 Å². The van der Waals surface area contributed by atoms with Gasteiger partial charge in [0.15, 0.2) is 0 Å². The zero-order valence-electron chi connectivity index (χ0n) is 16.6. The second kappa shape index (κ2) is 9.15. The monoisotopic (exact) mass is 385 g/mol. The Hall–Kier alpha value is -2.47. The van der Waals surface area contributed by atoms with Gasteiger partial charge in [-0.3, -0.25) is 14.5 Å². The van der Waals surface area contributed by atoms with Crippen LogP contribution in [0, 0.1) is 11.7 Å². The number of carbonyl (C=O) groups excluding carboxylic acids is 1. The lowest BCUT2D eigenvalue weighted by molar-refractivity contribution is -0.132. The zero-order valence-corrected chi connectivity index (χ0v) is 16.6. The minimum atomic E-state index is -0.229. The van der Waals surface area contributed by atoms with E-state index in [9.17, 15) is 14.0 Å². The molecule has 0 aliphatic carbocycles. The highest BCUT2D eigenvalue weighted by atomic mass is 19.1. The number of nitrogens with zero attached hydrogens (tertiary/aromatic N) is 3. The molecule has 2 heterocycles. The summed E-state index contributed by atoms with van der Waals surface area (Å²) in [5.74, 6) is 0.115. The second-order valence-electron chi connectivity index (χ2n) is 7.77. The van der Waals surface area contributed by atoms with Crippen LogP contribution in [-0.4, -0.2) is 46.0 Å². The first-order valence-corrected chi connectivity index (χ1v) is 9.86. The molecular weight excluding hydrogens is 357 g/mol. The molecule has 3 rings (SSSR count). The maximum Gasteiger partial charge on any atom is 0.250 e. The Kier molecular flexibility index (Phi) is 6.62. The summed E-state index contributed by atoms with van der Waals surface area (Å²) in [4.78, 5) is 29.0. The quantitative estimate of drug-likeness (QED) is 0.795. The number of pyridine rings is 1. The minimum absolute atomic E-state index is 0.0254. The van der Waals surface area contributed by atoms with Gasteiger partial charge in [0.05, 0.1) is 0 Å². The number of carbonyl (C=O) groups is 1. The third-order valence-corrected chi connectivity index (χ3v) is 5.38. The standard InChI is InChI=1S/C22H28FN3O2/c1-17(2)20-15-25(22(28)16-26-11-4-3-6-21(26)27)13-5-12-24(20)14-18-7-9-19(23)10-8-18/h3-4,6-11,17,20H,5,12-16H2,1-2H3/t20-/m1/s1. The summed E-state index contributed by atoms with van der Waals surface area (Å²) < 4.78 is 14.7. The smallest absolute Gasteiger partial charge is 0.250 e. The third kappa shape index (κ3) is 5.07. The normalized spacial score (nSPS) is 18.3. The van der Waals surface area contributed by atoms with Crippen LogP contribution in [0.4, 0.5) is 4.39 Å². The van der Waals surface area contributed by atoms with Gasteiger partial charge in [0, 0.05) is 44.5 Å². The van der Waals surface area contributed by atoms with Crippen molar-refractivity contribution in [2.24, 2.45) is 5.92 Å². The first-order chi connectivity index (χ1) is 13.4. The van der Waals surface area contributed by atoms with Crippen molar-refractivity contribution >= 4 is 5.91 Å². The first kappa shape index (κ1) is 20.3. The summed E-state index contributed by atoms with van der Waals surface area (Å²) in [6, 6.07) is 11.7. The first-order valence-electron chi connectivity index (χ1n) is 9.86. The van der Waals surface area contributed by atoms with Crippen molar-refractivity contribution < 1.29 is 9.18 Å². The van der Waals surface area contributed by atoms with Gasteiger partial charge in [-0.1, -0.05) is 32.0 Å². The van der Waals surface area contributed by atoms with Crippen LogP contribution in [0.1, 0.15) is 25.8 Å². The fourth-order valence-corrected chi connectivity index (χ4v) is 3.78. The van der Waals surface area contributed by atoms with Gasteiger partial charge in [-0.15, -0.1) is 0 Å². The van der Waals surface area contributed by atoms with Gasteiger partial charge < -0.3 is 9.47 Å². The molecule has 0 bridgehead atoms. The molecule has 1 amide bonds. The van der Waals surface area contributed by atoms with E-state index in [4.69, 9.17) is 0 Å². The van der Waals surface area contributed by atoms with Crippen molar-refractivity contribution in [2.75, 3.05) is 19.6 Å². The molecule has 1 aliphatic rings. The van der Waals surface area contributed by atoms with E-state index in [0.29, 0.717) is 19.0 Å². The number of aromatic nitrogens is 1. The van der Waals surface area contributed by atoms with Crippen molar-refractivity contribution in [3.05, 3.63) is 70.4 Å². The molecular formula is C22H28FN3O2. The molecule has 0 radical (unpaired) electrons. The van der Waals surface area contributed by atoms with Gasteiger partial charge in [0.25, 0.3) is 5.56 Å². The molecule has 6 heteroatoms. The predicted molar refractivity (Wildman–Crippen MR) is 107 cm³/mol. The lowest BCUT2D eigenvalue weighted by Crippen LogP contribution is -2.46. The summed E-state index contributed by atoms with van der Waals surface area (Å²) in [6.07, 6.45) is 2.53. The largest absolute Gasteiger partial charge is 0.340 e. The predicted octanol–water partition coefficient (Wildman–Crippen LogP) is 2.75. The summed E-state index contributed by atoms with van der Waals surface area (Å²) in [7, 11) is 0. The maximum atomic E-state index is 13.2. The topological polar surface area (TPSA) is 45.6 Å². The van der Waals surface area contributed by atoms with Gasteiger partial charge in [-0.2, -0.15) is 0 Å². The van der Waals surface area contributed by atoms with Crippen molar-refractivity contribution in [3.63, 3.8) is 0 Å². The highest BCUT2D eigenvalue weighted by molar-refractivity contribution is 5.76. The molecule has 0 unspecified atom stereocenters. The fourth-order valence-electron chi connectivity index (χ4n) is 3.78. The molecule has 1 atom stereocenters. The van der Waals surface area contributed by atoms with E-state index in [0.717, 1.165) is 25.1 Å². The van der Waals surface area contributed by atoms with E-state index >= 15 is 0 Å². The van der Waals surface area contributed by atoms with Crippen LogP contribution >= 0.6 is 0 Å². The average Bonchev–Trinajstić information content (AvgIpc) is 2.88. The summed E-state index contributed by atoms with van der Waals surface area (Å²) in [6.45, 7) is 7.35. The Balaban J connectivity index is 1.71. The Morgan fingerprint density at radius 2 is 1.89 bits per heavy atom. The molecule has 1 aliphatic heterocycles. The van der Waals surface area contributed by atoms with Crippen molar-refractivity contribution in [1.29, 1.82) is 0 Å². The van der Waals surface area contributed by atoms with Gasteiger partial charge in [-0.05, 0) is 36.1 Å². The van der Waals surface area contributed by atoms with Crippen LogP contribution in [0.15, 0.2) is 53.5 Å². The van der Waals surface area contributed by atoms with E-state index in [2.05, 4.69) is 18.7 Å². The fraction of sp³-hybridized carbons (Fsp3) is 0.455. The van der Waals surface area contributed by atoms with Crippen LogP contribution in [0.25, 0.3) is 0 Å². The minimum Gasteiger partial charge on any atom is -0.340 e. The number of rotatable bonds is 5. The van der Waals surface area contributed by atoms with E-state index in [1.54, 1.807) is 18.3 Å².